The van der Waals surface area contributed by atoms with Crippen molar-refractivity contribution in [3.05, 3.63) is 29.8 Å². The van der Waals surface area contributed by atoms with Crippen LogP contribution in [-0.4, -0.2) is 6.54 Å². The lowest BCUT2D eigenvalue weighted by Crippen LogP contribution is -2.13. The van der Waals surface area contributed by atoms with E-state index in [1.165, 1.54) is 24.1 Å². The molecule has 78 valence electrons. The maximum Gasteiger partial charge on any atom is 0.0369 e. The summed E-state index contributed by atoms with van der Waals surface area (Å²) in [6.07, 6.45) is 2.52. The fraction of sp³-hybridized carbons (Fsp3) is 0.538. The van der Waals surface area contributed by atoms with Gasteiger partial charge >= 0.3 is 0 Å². The third-order valence-corrected chi connectivity index (χ3v) is 2.88. The monoisotopic (exact) mass is 191 g/mol. The van der Waals surface area contributed by atoms with Crippen LogP contribution in [-0.2, 0) is 0 Å². The van der Waals surface area contributed by atoms with E-state index in [1.54, 1.807) is 0 Å². The highest BCUT2D eigenvalue weighted by molar-refractivity contribution is 5.50. The fourth-order valence-electron chi connectivity index (χ4n) is 1.60. The molecule has 1 N–H and O–H groups in total. The minimum absolute atomic E-state index is 0.801. The van der Waals surface area contributed by atoms with Gasteiger partial charge in [0.25, 0.3) is 0 Å². The van der Waals surface area contributed by atoms with Gasteiger partial charge in [-0.25, -0.2) is 0 Å². The molecule has 0 radical (unpaired) electrons. The normalized spacial score (nSPS) is 10.6. The number of hydrogen-bond donors (Lipinski definition) is 1. The number of nitrogens with one attached hydrogen (secondary N) is 1. The van der Waals surface area contributed by atoms with E-state index in [-0.39, 0.29) is 0 Å². The van der Waals surface area contributed by atoms with Gasteiger partial charge in [0.15, 0.2) is 0 Å². The van der Waals surface area contributed by atoms with Crippen molar-refractivity contribution >= 4 is 5.69 Å². The molecule has 0 fully saturated rings. The van der Waals surface area contributed by atoms with E-state index in [9.17, 15) is 0 Å². The predicted molar refractivity (Wildman–Crippen MR) is 63.7 cm³/mol. The maximum atomic E-state index is 3.51. The maximum absolute atomic E-state index is 3.51. The second-order valence-electron chi connectivity index (χ2n) is 3.88. The Morgan fingerprint density at radius 1 is 1.14 bits per heavy atom. The molecule has 0 saturated heterocycles. The van der Waals surface area contributed by atoms with Crippen LogP contribution in [0.25, 0.3) is 0 Å². The van der Waals surface area contributed by atoms with Gasteiger partial charge in [-0.3, -0.25) is 0 Å². The molecule has 0 unspecified atom stereocenters. The zero-order chi connectivity index (χ0) is 10.4. The third kappa shape index (κ3) is 3.06. The van der Waals surface area contributed by atoms with Gasteiger partial charge in [0.05, 0.1) is 0 Å². The highest BCUT2D eigenvalue weighted by Gasteiger charge is 2.03. The Hall–Kier alpha value is -0.980. The van der Waals surface area contributed by atoms with Crippen LogP contribution in [0.3, 0.4) is 0 Å². The van der Waals surface area contributed by atoms with Crippen LogP contribution in [0.15, 0.2) is 24.3 Å². The van der Waals surface area contributed by atoms with E-state index in [0.717, 1.165) is 12.5 Å². The molecular formula is C13H21N. The molecule has 0 atom stereocenters. The Balaban J connectivity index is 2.49. The number of benzene rings is 1. The Bertz CT molecular complexity index is 264. The van der Waals surface area contributed by atoms with Gasteiger partial charge in [-0.05, 0) is 24.5 Å². The second-order valence-corrected chi connectivity index (χ2v) is 3.88. The molecule has 0 saturated carbocycles. The minimum Gasteiger partial charge on any atom is -0.385 e. The molecule has 1 heteroatoms. The molecular weight excluding hydrogens is 170 g/mol. The summed E-state index contributed by atoms with van der Waals surface area (Å²) in [4.78, 5) is 0. The highest BCUT2D eigenvalue weighted by atomic mass is 14.9. The molecule has 0 aromatic heterocycles. The van der Waals surface area contributed by atoms with Crippen LogP contribution >= 0.6 is 0 Å². The Morgan fingerprint density at radius 2 is 1.79 bits per heavy atom. The number of hydrogen-bond acceptors (Lipinski definition) is 1. The van der Waals surface area contributed by atoms with E-state index in [0.29, 0.717) is 0 Å². The molecule has 1 nitrogen and oxygen atoms in total. The van der Waals surface area contributed by atoms with Gasteiger partial charge in [-0.2, -0.15) is 0 Å². The van der Waals surface area contributed by atoms with Crippen molar-refractivity contribution in [2.24, 2.45) is 5.92 Å². The van der Waals surface area contributed by atoms with Crippen LogP contribution in [0.1, 0.15) is 32.3 Å². The summed E-state index contributed by atoms with van der Waals surface area (Å²) in [6.45, 7) is 7.76. The Morgan fingerprint density at radius 3 is 2.36 bits per heavy atom. The van der Waals surface area contributed by atoms with Gasteiger partial charge in [0.2, 0.25) is 0 Å². The van der Waals surface area contributed by atoms with E-state index >= 15 is 0 Å². The van der Waals surface area contributed by atoms with E-state index in [1.807, 2.05) is 0 Å². The molecule has 14 heavy (non-hydrogen) atoms. The summed E-state index contributed by atoms with van der Waals surface area (Å²) < 4.78 is 0. The smallest absolute Gasteiger partial charge is 0.0369 e. The van der Waals surface area contributed by atoms with E-state index < -0.39 is 0 Å². The number of rotatable bonds is 5. The third-order valence-electron chi connectivity index (χ3n) is 2.88. The Labute approximate surface area is 87.5 Å². The van der Waals surface area contributed by atoms with Gasteiger partial charge in [0.1, 0.15) is 0 Å². The van der Waals surface area contributed by atoms with Crippen LogP contribution in [0.4, 0.5) is 5.69 Å². The van der Waals surface area contributed by atoms with Crippen molar-refractivity contribution in [2.75, 3.05) is 11.9 Å². The van der Waals surface area contributed by atoms with Gasteiger partial charge in [-0.1, -0.05) is 44.9 Å². The van der Waals surface area contributed by atoms with Crippen molar-refractivity contribution in [2.45, 2.75) is 33.6 Å². The molecule has 0 spiro atoms. The Kier molecular flexibility index (Phi) is 4.51. The van der Waals surface area contributed by atoms with Crippen molar-refractivity contribution < 1.29 is 0 Å². The molecule has 0 bridgehead atoms. The van der Waals surface area contributed by atoms with Crippen LogP contribution < -0.4 is 5.32 Å². The average molecular weight is 191 g/mol. The fourth-order valence-corrected chi connectivity index (χ4v) is 1.60. The second kappa shape index (κ2) is 5.69. The average Bonchev–Trinajstić information content (AvgIpc) is 2.22. The lowest BCUT2D eigenvalue weighted by Gasteiger charge is -2.15. The summed E-state index contributed by atoms with van der Waals surface area (Å²) in [5, 5.41) is 3.51. The summed E-state index contributed by atoms with van der Waals surface area (Å²) in [6, 6.07) is 8.47. The van der Waals surface area contributed by atoms with Crippen molar-refractivity contribution in [1.82, 2.24) is 0 Å². The molecule has 1 rings (SSSR count). The molecule has 1 aromatic rings. The quantitative estimate of drug-likeness (QED) is 0.745. The zero-order valence-electron chi connectivity index (χ0n) is 9.51. The molecule has 0 aliphatic rings. The first kappa shape index (κ1) is 11.1. The summed E-state index contributed by atoms with van der Waals surface area (Å²) >= 11 is 0. The summed E-state index contributed by atoms with van der Waals surface area (Å²) in [5.41, 5.74) is 2.61. The molecule has 0 aliphatic heterocycles. The minimum atomic E-state index is 0.801. The van der Waals surface area contributed by atoms with E-state index in [4.69, 9.17) is 0 Å². The van der Waals surface area contributed by atoms with Crippen LogP contribution in [0.5, 0.6) is 0 Å². The highest BCUT2D eigenvalue weighted by Crippen LogP contribution is 2.15. The van der Waals surface area contributed by atoms with Gasteiger partial charge in [0, 0.05) is 12.2 Å². The topological polar surface area (TPSA) is 12.0 Å². The SMILES string of the molecule is CCC(CC)CNc1ccccc1C. The van der Waals surface area contributed by atoms with Crippen LogP contribution in [0, 0.1) is 12.8 Å². The number of aryl methyl sites for hydroxylation is 1. The standard InChI is InChI=1S/C13H21N/c1-4-12(5-2)10-14-13-9-7-6-8-11(13)3/h6-9,12,14H,4-5,10H2,1-3H3. The van der Waals surface area contributed by atoms with Crippen molar-refractivity contribution in [3.8, 4) is 0 Å². The van der Waals surface area contributed by atoms with E-state index in [2.05, 4.69) is 50.4 Å². The lowest BCUT2D eigenvalue weighted by atomic mass is 10.0. The first-order valence-corrected chi connectivity index (χ1v) is 5.57. The van der Waals surface area contributed by atoms with Crippen molar-refractivity contribution in [3.63, 3.8) is 0 Å². The van der Waals surface area contributed by atoms with Gasteiger partial charge < -0.3 is 5.32 Å². The largest absolute Gasteiger partial charge is 0.385 e. The van der Waals surface area contributed by atoms with Crippen molar-refractivity contribution in [1.29, 1.82) is 0 Å². The number of para-hydroxylation sites is 1. The van der Waals surface area contributed by atoms with Gasteiger partial charge in [-0.15, -0.1) is 0 Å². The molecule has 0 amide bonds. The molecule has 0 heterocycles. The first-order chi connectivity index (χ1) is 6.77. The summed E-state index contributed by atoms with van der Waals surface area (Å²) in [7, 11) is 0. The first-order valence-electron chi connectivity index (χ1n) is 5.57. The lowest BCUT2D eigenvalue weighted by molar-refractivity contribution is 0.519. The predicted octanol–water partition coefficient (Wildman–Crippen LogP) is 3.84. The molecule has 1 aromatic carbocycles. The van der Waals surface area contributed by atoms with Crippen LogP contribution in [0.2, 0.25) is 0 Å². The summed E-state index contributed by atoms with van der Waals surface area (Å²) in [5.74, 6) is 0.801. The number of anilines is 1. The zero-order valence-corrected chi connectivity index (χ0v) is 9.51. The molecule has 0 aliphatic carbocycles.